The SMILES string of the molecule is O=C(NC[C@@H]1C[C@H]2CC[C@H]1C2)c1ccc(C(F)(F)F)[nH]c1=O. The average molecular weight is 314 g/mol. The minimum Gasteiger partial charge on any atom is -0.352 e. The molecule has 4 nitrogen and oxygen atoms in total. The zero-order chi connectivity index (χ0) is 15.9. The van der Waals surface area contributed by atoms with Crippen molar-refractivity contribution in [1.29, 1.82) is 0 Å². The predicted octanol–water partition coefficient (Wildman–Crippen LogP) is 2.56. The molecule has 1 heterocycles. The van der Waals surface area contributed by atoms with E-state index >= 15 is 0 Å². The van der Waals surface area contributed by atoms with Gasteiger partial charge in [-0.3, -0.25) is 9.59 Å². The van der Waals surface area contributed by atoms with E-state index in [9.17, 15) is 22.8 Å². The summed E-state index contributed by atoms with van der Waals surface area (Å²) in [6.07, 6.45) is 0.118. The lowest BCUT2D eigenvalue weighted by atomic mass is 9.89. The monoisotopic (exact) mass is 314 g/mol. The van der Waals surface area contributed by atoms with Gasteiger partial charge in [0.1, 0.15) is 11.3 Å². The van der Waals surface area contributed by atoms with Gasteiger partial charge in [0.15, 0.2) is 0 Å². The summed E-state index contributed by atoms with van der Waals surface area (Å²) >= 11 is 0. The van der Waals surface area contributed by atoms with Crippen molar-refractivity contribution in [2.24, 2.45) is 17.8 Å². The molecule has 2 N–H and O–H groups in total. The van der Waals surface area contributed by atoms with Crippen LogP contribution in [0.3, 0.4) is 0 Å². The van der Waals surface area contributed by atoms with Crippen molar-refractivity contribution in [2.75, 3.05) is 6.54 Å². The molecule has 2 bridgehead atoms. The number of H-pyrrole nitrogens is 1. The summed E-state index contributed by atoms with van der Waals surface area (Å²) in [5, 5.41) is 2.68. The van der Waals surface area contributed by atoms with Gasteiger partial charge < -0.3 is 10.3 Å². The topological polar surface area (TPSA) is 62.0 Å². The Hall–Kier alpha value is -1.79. The van der Waals surface area contributed by atoms with Gasteiger partial charge in [-0.2, -0.15) is 13.2 Å². The fourth-order valence-electron chi connectivity index (χ4n) is 3.76. The summed E-state index contributed by atoms with van der Waals surface area (Å²) in [5.74, 6) is 1.20. The van der Waals surface area contributed by atoms with Gasteiger partial charge in [0.2, 0.25) is 0 Å². The fraction of sp³-hybridized carbons (Fsp3) is 0.600. The van der Waals surface area contributed by atoms with E-state index in [4.69, 9.17) is 0 Å². The number of rotatable bonds is 3. The molecule has 1 aromatic heterocycles. The zero-order valence-corrected chi connectivity index (χ0v) is 11.9. The number of carbonyl (C=O) groups excluding carboxylic acids is 1. The van der Waals surface area contributed by atoms with Gasteiger partial charge in [0.05, 0.1) is 0 Å². The predicted molar refractivity (Wildman–Crippen MR) is 73.3 cm³/mol. The van der Waals surface area contributed by atoms with Crippen LogP contribution in [0.4, 0.5) is 13.2 Å². The van der Waals surface area contributed by atoms with E-state index in [0.29, 0.717) is 24.4 Å². The average Bonchev–Trinajstić information content (AvgIpc) is 3.06. The van der Waals surface area contributed by atoms with Crippen molar-refractivity contribution >= 4 is 5.91 Å². The first-order chi connectivity index (χ1) is 10.3. The number of nitrogens with one attached hydrogen (secondary N) is 2. The van der Waals surface area contributed by atoms with Crippen LogP contribution >= 0.6 is 0 Å². The zero-order valence-electron chi connectivity index (χ0n) is 11.9. The molecule has 0 spiro atoms. The molecule has 0 aromatic carbocycles. The van der Waals surface area contributed by atoms with E-state index in [1.807, 2.05) is 0 Å². The van der Waals surface area contributed by atoms with Crippen molar-refractivity contribution in [2.45, 2.75) is 31.9 Å². The molecule has 2 fully saturated rings. The van der Waals surface area contributed by atoms with Gasteiger partial charge in [0, 0.05) is 6.54 Å². The first-order valence-corrected chi connectivity index (χ1v) is 7.43. The summed E-state index contributed by atoms with van der Waals surface area (Å²) in [7, 11) is 0. The van der Waals surface area contributed by atoms with Crippen LogP contribution < -0.4 is 10.9 Å². The third kappa shape index (κ3) is 2.89. The summed E-state index contributed by atoms with van der Waals surface area (Å²) in [6, 6.07) is 1.64. The van der Waals surface area contributed by atoms with Gasteiger partial charge in [-0.25, -0.2) is 0 Å². The Bertz CT molecular complexity index is 638. The lowest BCUT2D eigenvalue weighted by Gasteiger charge is -2.21. The number of halogens is 3. The van der Waals surface area contributed by atoms with Crippen molar-refractivity contribution in [1.82, 2.24) is 10.3 Å². The van der Waals surface area contributed by atoms with Crippen molar-refractivity contribution in [3.63, 3.8) is 0 Å². The van der Waals surface area contributed by atoms with Gasteiger partial charge >= 0.3 is 6.18 Å². The lowest BCUT2D eigenvalue weighted by Crippen LogP contribution is -2.35. The number of alkyl halides is 3. The number of amides is 1. The highest BCUT2D eigenvalue weighted by Crippen LogP contribution is 2.47. The van der Waals surface area contributed by atoms with Crippen LogP contribution in [0.5, 0.6) is 0 Å². The van der Waals surface area contributed by atoms with Crippen LogP contribution in [-0.4, -0.2) is 17.4 Å². The molecule has 2 aliphatic rings. The molecule has 1 aromatic rings. The van der Waals surface area contributed by atoms with Crippen LogP contribution in [-0.2, 0) is 6.18 Å². The number of fused-ring (bicyclic) bond motifs is 2. The van der Waals surface area contributed by atoms with Gasteiger partial charge in [-0.1, -0.05) is 6.42 Å². The van der Waals surface area contributed by atoms with Crippen LogP contribution in [0.1, 0.15) is 41.7 Å². The number of carbonyl (C=O) groups is 1. The number of hydrogen-bond donors (Lipinski definition) is 2. The second-order valence-electron chi connectivity index (χ2n) is 6.26. The third-order valence-corrected chi connectivity index (χ3v) is 4.87. The van der Waals surface area contributed by atoms with Gasteiger partial charge in [-0.05, 0) is 49.1 Å². The largest absolute Gasteiger partial charge is 0.431 e. The molecule has 7 heteroatoms. The summed E-state index contributed by atoms with van der Waals surface area (Å²) in [6.45, 7) is 0.487. The number of pyridine rings is 1. The number of aromatic amines is 1. The molecule has 0 radical (unpaired) electrons. The molecule has 120 valence electrons. The number of aromatic nitrogens is 1. The Morgan fingerprint density at radius 2 is 2.05 bits per heavy atom. The van der Waals surface area contributed by atoms with Gasteiger partial charge in [0.25, 0.3) is 11.5 Å². The van der Waals surface area contributed by atoms with Crippen molar-refractivity contribution in [3.05, 3.63) is 33.7 Å². The van der Waals surface area contributed by atoms with E-state index < -0.39 is 23.3 Å². The normalized spacial score (nSPS) is 27.1. The highest BCUT2D eigenvalue weighted by Gasteiger charge is 2.39. The second kappa shape index (κ2) is 5.44. The first kappa shape index (κ1) is 15.1. The van der Waals surface area contributed by atoms with E-state index in [2.05, 4.69) is 5.32 Å². The third-order valence-electron chi connectivity index (χ3n) is 4.87. The molecule has 2 saturated carbocycles. The first-order valence-electron chi connectivity index (χ1n) is 7.43. The number of hydrogen-bond acceptors (Lipinski definition) is 2. The highest BCUT2D eigenvalue weighted by molar-refractivity contribution is 5.93. The molecule has 3 atom stereocenters. The Morgan fingerprint density at radius 3 is 2.59 bits per heavy atom. The minimum atomic E-state index is -4.63. The molecular formula is C15H17F3N2O2. The van der Waals surface area contributed by atoms with Crippen molar-refractivity contribution < 1.29 is 18.0 Å². The molecule has 3 rings (SSSR count). The maximum atomic E-state index is 12.5. The Morgan fingerprint density at radius 1 is 1.27 bits per heavy atom. The van der Waals surface area contributed by atoms with Crippen LogP contribution in [0.15, 0.2) is 16.9 Å². The standard InChI is InChI=1S/C15H17F3N2O2/c16-15(17,18)12-4-3-11(14(22)20-12)13(21)19-7-10-6-8-1-2-9(10)5-8/h3-4,8-10H,1-2,5-7H2,(H,19,21)(H,20,22)/t8-,9-,10-/m0/s1. The van der Waals surface area contributed by atoms with E-state index in [0.717, 1.165) is 18.4 Å². The Kier molecular flexibility index (Phi) is 3.74. The summed E-state index contributed by atoms with van der Waals surface area (Å²) in [4.78, 5) is 25.3. The maximum absolute atomic E-state index is 12.5. The quantitative estimate of drug-likeness (QED) is 0.901. The maximum Gasteiger partial charge on any atom is 0.431 e. The molecule has 2 aliphatic carbocycles. The molecule has 0 aliphatic heterocycles. The molecule has 0 saturated heterocycles. The van der Waals surface area contributed by atoms with Crippen molar-refractivity contribution in [3.8, 4) is 0 Å². The Labute approximate surface area is 125 Å². The highest BCUT2D eigenvalue weighted by atomic mass is 19.4. The molecule has 1 amide bonds. The second-order valence-corrected chi connectivity index (χ2v) is 6.26. The summed E-state index contributed by atoms with van der Waals surface area (Å²) in [5.41, 5.74) is -2.45. The van der Waals surface area contributed by atoms with E-state index in [1.54, 1.807) is 4.98 Å². The Balaban J connectivity index is 1.64. The molecule has 22 heavy (non-hydrogen) atoms. The minimum absolute atomic E-state index is 0.281. The van der Waals surface area contributed by atoms with E-state index in [-0.39, 0.29) is 5.56 Å². The smallest absolute Gasteiger partial charge is 0.352 e. The molecular weight excluding hydrogens is 297 g/mol. The van der Waals surface area contributed by atoms with E-state index in [1.165, 1.54) is 19.3 Å². The summed E-state index contributed by atoms with van der Waals surface area (Å²) < 4.78 is 37.4. The lowest BCUT2D eigenvalue weighted by molar-refractivity contribution is -0.141. The van der Waals surface area contributed by atoms with Gasteiger partial charge in [-0.15, -0.1) is 0 Å². The van der Waals surface area contributed by atoms with Crippen LogP contribution in [0.25, 0.3) is 0 Å². The van der Waals surface area contributed by atoms with Crippen LogP contribution in [0, 0.1) is 17.8 Å². The molecule has 0 unspecified atom stereocenters. The fourth-order valence-corrected chi connectivity index (χ4v) is 3.76. The van der Waals surface area contributed by atoms with Crippen LogP contribution in [0.2, 0.25) is 0 Å².